The number of carbonyl (C=O) groups is 1. The maximum atomic E-state index is 13.0. The molecule has 0 aliphatic carbocycles. The van der Waals surface area contributed by atoms with Crippen LogP contribution >= 0.6 is 0 Å². The predicted octanol–water partition coefficient (Wildman–Crippen LogP) is 2.74. The van der Waals surface area contributed by atoms with Crippen molar-refractivity contribution >= 4 is 5.97 Å². The maximum Gasteiger partial charge on any atom is 0.395 e. The molecule has 0 N–H and O–H groups in total. The summed E-state index contributed by atoms with van der Waals surface area (Å²) >= 11 is 0. The Bertz CT molecular complexity index is 242. The van der Waals surface area contributed by atoms with Gasteiger partial charge in [0.05, 0.1) is 0 Å². The Morgan fingerprint density at radius 2 is 1.79 bits per heavy atom. The quantitative estimate of drug-likeness (QED) is 0.410. The van der Waals surface area contributed by atoms with Crippen molar-refractivity contribution in [3.05, 3.63) is 12.2 Å². The molecule has 14 heavy (non-hydrogen) atoms. The summed E-state index contributed by atoms with van der Waals surface area (Å²) in [7, 11) is 0. The van der Waals surface area contributed by atoms with Gasteiger partial charge in [0.15, 0.2) is 0 Å². The summed E-state index contributed by atoms with van der Waals surface area (Å²) in [5.74, 6) is -4.23. The second-order valence-electron chi connectivity index (χ2n) is 3.06. The first-order valence-electron chi connectivity index (χ1n) is 3.68. The van der Waals surface area contributed by atoms with E-state index in [0.29, 0.717) is 6.92 Å². The Morgan fingerprint density at radius 1 is 1.36 bits per heavy atom. The first kappa shape index (κ1) is 12.9. The van der Waals surface area contributed by atoms with Gasteiger partial charge >= 0.3 is 12.1 Å². The summed E-state index contributed by atoms with van der Waals surface area (Å²) in [6, 6.07) is 0. The van der Waals surface area contributed by atoms with Crippen LogP contribution in [0.25, 0.3) is 0 Å². The first-order chi connectivity index (χ1) is 6.03. The average Bonchev–Trinajstić information content (AvgIpc) is 1.78. The lowest BCUT2D eigenvalue weighted by molar-refractivity contribution is -0.221. The van der Waals surface area contributed by atoms with Crippen LogP contribution in [0, 0.1) is 0 Å². The van der Waals surface area contributed by atoms with E-state index < -0.39 is 24.4 Å². The highest BCUT2D eigenvalue weighted by Crippen LogP contribution is 2.31. The molecule has 1 unspecified atom stereocenters. The van der Waals surface area contributed by atoms with Gasteiger partial charge in [-0.2, -0.15) is 17.6 Å². The van der Waals surface area contributed by atoms with Crippen LogP contribution in [0.3, 0.4) is 0 Å². The largest absolute Gasteiger partial charge is 0.425 e. The fourth-order valence-electron chi connectivity index (χ4n) is 0.675. The Kier molecular flexibility index (Phi) is 3.67. The number of rotatable bonds is 3. The lowest BCUT2D eigenvalue weighted by atomic mass is 10.2. The fourth-order valence-corrected chi connectivity index (χ4v) is 0.675. The zero-order chi connectivity index (χ0) is 11.6. The molecule has 0 rings (SSSR count). The van der Waals surface area contributed by atoms with E-state index in [1.54, 1.807) is 0 Å². The minimum absolute atomic E-state index is 0.156. The molecule has 0 aromatic rings. The van der Waals surface area contributed by atoms with Gasteiger partial charge in [0.1, 0.15) is 6.42 Å². The molecule has 0 saturated heterocycles. The van der Waals surface area contributed by atoms with E-state index in [1.807, 2.05) is 0 Å². The van der Waals surface area contributed by atoms with E-state index in [0.717, 1.165) is 0 Å². The molecule has 0 bridgehead atoms. The van der Waals surface area contributed by atoms with Crippen molar-refractivity contribution in [1.29, 1.82) is 0 Å². The molecule has 0 radical (unpaired) electrons. The Labute approximate surface area is 78.5 Å². The van der Waals surface area contributed by atoms with Crippen LogP contribution < -0.4 is 0 Å². The monoisotopic (exact) mass is 214 g/mol. The van der Waals surface area contributed by atoms with E-state index in [1.165, 1.54) is 6.92 Å². The molecule has 0 aromatic heterocycles. The van der Waals surface area contributed by atoms with Crippen LogP contribution in [0.2, 0.25) is 0 Å². The molecule has 2 nitrogen and oxygen atoms in total. The highest BCUT2D eigenvalue weighted by molar-refractivity contribution is 5.87. The minimum Gasteiger partial charge on any atom is -0.425 e. The molecular formula is C8H10F4O2. The topological polar surface area (TPSA) is 26.3 Å². The van der Waals surface area contributed by atoms with Crippen molar-refractivity contribution in [2.45, 2.75) is 32.3 Å². The number of carbonyl (C=O) groups excluding carboxylic acids is 1. The van der Waals surface area contributed by atoms with Gasteiger partial charge in [0.2, 0.25) is 0 Å². The van der Waals surface area contributed by atoms with Crippen molar-refractivity contribution < 1.29 is 27.1 Å². The summed E-state index contributed by atoms with van der Waals surface area (Å²) in [5, 5.41) is 0. The molecule has 6 heteroatoms. The standard InChI is InChI=1S/C8H10F4O2/c1-5(2)6(13)14-7(3,9)4-8(10,11)12/h1,4H2,2-3H3. The van der Waals surface area contributed by atoms with Gasteiger partial charge in [-0.15, -0.1) is 0 Å². The smallest absolute Gasteiger partial charge is 0.395 e. The first-order valence-corrected chi connectivity index (χ1v) is 3.68. The van der Waals surface area contributed by atoms with E-state index in [9.17, 15) is 22.4 Å². The highest BCUT2D eigenvalue weighted by Gasteiger charge is 2.42. The highest BCUT2D eigenvalue weighted by atomic mass is 19.4. The van der Waals surface area contributed by atoms with Crippen molar-refractivity contribution in [2.24, 2.45) is 0 Å². The van der Waals surface area contributed by atoms with Gasteiger partial charge in [0, 0.05) is 12.5 Å². The average molecular weight is 214 g/mol. The third-order valence-corrected chi connectivity index (χ3v) is 1.17. The molecule has 0 spiro atoms. The fraction of sp³-hybridized carbons (Fsp3) is 0.625. The van der Waals surface area contributed by atoms with Crippen molar-refractivity contribution in [3.8, 4) is 0 Å². The van der Waals surface area contributed by atoms with Gasteiger partial charge in [0.25, 0.3) is 5.85 Å². The second-order valence-corrected chi connectivity index (χ2v) is 3.06. The van der Waals surface area contributed by atoms with Crippen molar-refractivity contribution in [2.75, 3.05) is 0 Å². The second kappa shape index (κ2) is 3.98. The third kappa shape index (κ3) is 5.55. The number of halogens is 4. The number of ether oxygens (including phenoxy) is 1. The van der Waals surface area contributed by atoms with Crippen LogP contribution in [0.4, 0.5) is 17.6 Å². The number of esters is 1. The van der Waals surface area contributed by atoms with Gasteiger partial charge in [-0.05, 0) is 6.92 Å². The Balaban J connectivity index is 4.35. The normalized spacial score (nSPS) is 15.9. The number of alkyl halides is 4. The lowest BCUT2D eigenvalue weighted by Crippen LogP contribution is -2.32. The molecule has 0 aliphatic rings. The van der Waals surface area contributed by atoms with Crippen molar-refractivity contribution in [1.82, 2.24) is 0 Å². The zero-order valence-electron chi connectivity index (χ0n) is 7.74. The van der Waals surface area contributed by atoms with Crippen molar-refractivity contribution in [3.63, 3.8) is 0 Å². The summed E-state index contributed by atoms with van der Waals surface area (Å²) < 4.78 is 52.2. The van der Waals surface area contributed by atoms with Crippen LogP contribution in [-0.4, -0.2) is 18.0 Å². The van der Waals surface area contributed by atoms with Crippen LogP contribution in [0.15, 0.2) is 12.2 Å². The molecule has 0 amide bonds. The predicted molar refractivity (Wildman–Crippen MR) is 41.1 cm³/mol. The van der Waals surface area contributed by atoms with Gasteiger partial charge in [-0.3, -0.25) is 0 Å². The molecule has 0 heterocycles. The van der Waals surface area contributed by atoms with E-state index in [2.05, 4.69) is 11.3 Å². The molecule has 0 fully saturated rings. The van der Waals surface area contributed by atoms with E-state index >= 15 is 0 Å². The van der Waals surface area contributed by atoms with Gasteiger partial charge in [-0.1, -0.05) is 6.58 Å². The summed E-state index contributed by atoms with van der Waals surface area (Å²) in [6.07, 6.45) is -6.56. The van der Waals surface area contributed by atoms with Gasteiger partial charge in [-0.25, -0.2) is 4.79 Å². The molecule has 82 valence electrons. The van der Waals surface area contributed by atoms with Crippen LogP contribution in [0.5, 0.6) is 0 Å². The number of hydrogen-bond acceptors (Lipinski definition) is 2. The molecular weight excluding hydrogens is 204 g/mol. The Morgan fingerprint density at radius 3 is 2.07 bits per heavy atom. The summed E-state index contributed by atoms with van der Waals surface area (Å²) in [5.41, 5.74) is -0.156. The number of hydrogen-bond donors (Lipinski definition) is 0. The van der Waals surface area contributed by atoms with Crippen LogP contribution in [0.1, 0.15) is 20.3 Å². The maximum absolute atomic E-state index is 13.0. The van der Waals surface area contributed by atoms with Crippen LogP contribution in [-0.2, 0) is 9.53 Å². The lowest BCUT2D eigenvalue weighted by Gasteiger charge is -2.21. The van der Waals surface area contributed by atoms with E-state index in [4.69, 9.17) is 0 Å². The minimum atomic E-state index is -4.72. The summed E-state index contributed by atoms with van der Waals surface area (Å²) in [4.78, 5) is 10.7. The zero-order valence-corrected chi connectivity index (χ0v) is 7.74. The molecule has 0 aromatic carbocycles. The SMILES string of the molecule is C=C(C)C(=O)OC(C)(F)CC(F)(F)F. The van der Waals surface area contributed by atoms with Gasteiger partial charge < -0.3 is 4.74 Å². The summed E-state index contributed by atoms with van der Waals surface area (Å²) in [6.45, 7) is 4.87. The molecule has 0 aliphatic heterocycles. The Hall–Kier alpha value is -1.07. The molecule has 0 saturated carbocycles. The molecule has 1 atom stereocenters. The van der Waals surface area contributed by atoms with E-state index in [-0.39, 0.29) is 5.57 Å². The third-order valence-electron chi connectivity index (χ3n) is 1.17.